The van der Waals surface area contributed by atoms with Crippen molar-refractivity contribution in [1.29, 1.82) is 5.26 Å². The minimum Gasteiger partial charge on any atom is -0.478 e. The zero-order valence-corrected chi connectivity index (χ0v) is 12.8. The van der Waals surface area contributed by atoms with E-state index in [-0.39, 0.29) is 18.1 Å². The fourth-order valence-electron chi connectivity index (χ4n) is 2.43. The molecular formula is C17H13N3O4. The molecular weight excluding hydrogens is 310 g/mol. The van der Waals surface area contributed by atoms with Crippen molar-refractivity contribution in [2.75, 3.05) is 13.9 Å². The van der Waals surface area contributed by atoms with E-state index in [0.29, 0.717) is 16.8 Å². The molecule has 2 heterocycles. The lowest BCUT2D eigenvalue weighted by Crippen LogP contribution is -2.06. The summed E-state index contributed by atoms with van der Waals surface area (Å²) in [6.45, 7) is -0.0683. The number of nitriles is 1. The number of rotatable bonds is 5. The van der Waals surface area contributed by atoms with Crippen molar-refractivity contribution in [3.05, 3.63) is 53.9 Å². The van der Waals surface area contributed by atoms with Crippen LogP contribution in [0.1, 0.15) is 15.9 Å². The van der Waals surface area contributed by atoms with Gasteiger partial charge in [0.1, 0.15) is 22.9 Å². The highest BCUT2D eigenvalue weighted by Gasteiger charge is 2.15. The van der Waals surface area contributed by atoms with Crippen molar-refractivity contribution >= 4 is 17.0 Å². The number of benzene rings is 1. The molecule has 0 saturated heterocycles. The fourth-order valence-corrected chi connectivity index (χ4v) is 2.43. The van der Waals surface area contributed by atoms with Gasteiger partial charge < -0.3 is 19.1 Å². The van der Waals surface area contributed by atoms with Crippen LogP contribution in [0.5, 0.6) is 5.75 Å². The molecule has 1 N–H and O–H groups in total. The lowest BCUT2D eigenvalue weighted by molar-refractivity contribution is 0.0484. The number of carbonyl (C=O) groups is 1. The molecule has 0 spiro atoms. The molecule has 0 radical (unpaired) electrons. The first kappa shape index (κ1) is 15.5. The molecule has 0 saturated carbocycles. The zero-order valence-electron chi connectivity index (χ0n) is 12.8. The number of pyridine rings is 1. The highest BCUT2D eigenvalue weighted by molar-refractivity contribution is 5.91. The molecule has 0 amide bonds. The molecule has 0 aliphatic heterocycles. The normalized spacial score (nSPS) is 10.5. The third-order valence-corrected chi connectivity index (χ3v) is 3.49. The molecule has 0 fully saturated rings. The second-order valence-electron chi connectivity index (χ2n) is 4.93. The average molecular weight is 323 g/mol. The average Bonchev–Trinajstić information content (AvgIpc) is 2.98. The minimum atomic E-state index is -1.09. The summed E-state index contributed by atoms with van der Waals surface area (Å²) in [5.74, 6) is -0.907. The second-order valence-corrected chi connectivity index (χ2v) is 4.93. The van der Waals surface area contributed by atoms with Gasteiger partial charge in [-0.25, -0.2) is 4.79 Å². The van der Waals surface area contributed by atoms with Gasteiger partial charge in [0.25, 0.3) is 0 Å². The van der Waals surface area contributed by atoms with E-state index in [0.717, 1.165) is 5.52 Å². The Hall–Kier alpha value is -3.37. The van der Waals surface area contributed by atoms with Crippen LogP contribution in [0.2, 0.25) is 0 Å². The Kier molecular flexibility index (Phi) is 4.14. The number of carboxylic acids is 1. The van der Waals surface area contributed by atoms with E-state index in [2.05, 4.69) is 11.1 Å². The summed E-state index contributed by atoms with van der Waals surface area (Å²) >= 11 is 0. The van der Waals surface area contributed by atoms with Gasteiger partial charge in [0.15, 0.2) is 6.79 Å². The predicted octanol–water partition coefficient (Wildman–Crippen LogP) is 2.58. The maximum absolute atomic E-state index is 11.3. The van der Waals surface area contributed by atoms with Gasteiger partial charge in [-0.15, -0.1) is 0 Å². The van der Waals surface area contributed by atoms with Crippen molar-refractivity contribution in [2.24, 2.45) is 0 Å². The number of methoxy groups -OCH3 is 1. The van der Waals surface area contributed by atoms with Crippen LogP contribution in [0.15, 0.2) is 42.7 Å². The molecule has 0 unspecified atom stereocenters. The number of hydrogen-bond acceptors (Lipinski definition) is 5. The van der Waals surface area contributed by atoms with E-state index >= 15 is 0 Å². The van der Waals surface area contributed by atoms with E-state index in [4.69, 9.17) is 9.47 Å². The number of aromatic nitrogens is 2. The third kappa shape index (κ3) is 2.66. The summed E-state index contributed by atoms with van der Waals surface area (Å²) in [7, 11) is 1.45. The Morgan fingerprint density at radius 3 is 2.96 bits per heavy atom. The van der Waals surface area contributed by atoms with Crippen LogP contribution in [-0.2, 0) is 4.74 Å². The van der Waals surface area contributed by atoms with Gasteiger partial charge in [0, 0.05) is 31.3 Å². The molecule has 0 atom stereocenters. The van der Waals surface area contributed by atoms with Crippen LogP contribution < -0.4 is 4.74 Å². The van der Waals surface area contributed by atoms with Gasteiger partial charge in [-0.2, -0.15) is 5.26 Å². The topological polar surface area (TPSA) is 97.4 Å². The Labute approximate surface area is 137 Å². The Balaban J connectivity index is 2.17. The maximum Gasteiger partial charge on any atom is 0.339 e. The predicted molar refractivity (Wildman–Crippen MR) is 85.2 cm³/mol. The first-order valence-electron chi connectivity index (χ1n) is 7.01. The van der Waals surface area contributed by atoms with Crippen molar-refractivity contribution < 1.29 is 19.4 Å². The smallest absolute Gasteiger partial charge is 0.339 e. The lowest BCUT2D eigenvalue weighted by atomic mass is 10.2. The molecule has 0 aliphatic carbocycles. The van der Waals surface area contributed by atoms with Crippen molar-refractivity contribution in [3.8, 4) is 17.5 Å². The Morgan fingerprint density at radius 2 is 2.25 bits per heavy atom. The van der Waals surface area contributed by atoms with Gasteiger partial charge in [-0.1, -0.05) is 0 Å². The van der Waals surface area contributed by atoms with Crippen molar-refractivity contribution in [1.82, 2.24) is 9.55 Å². The van der Waals surface area contributed by atoms with E-state index < -0.39 is 5.97 Å². The largest absolute Gasteiger partial charge is 0.478 e. The lowest BCUT2D eigenvalue weighted by Gasteiger charge is -2.11. The number of carboxylic acid groups (broad SMARTS) is 1. The first-order valence-corrected chi connectivity index (χ1v) is 7.01. The van der Waals surface area contributed by atoms with Crippen LogP contribution in [-0.4, -0.2) is 34.5 Å². The summed E-state index contributed by atoms with van der Waals surface area (Å²) in [5, 5.41) is 18.5. The number of aromatic carboxylic acids is 1. The Bertz CT molecular complexity index is 956. The zero-order chi connectivity index (χ0) is 17.1. The van der Waals surface area contributed by atoms with Crippen LogP contribution >= 0.6 is 0 Å². The Morgan fingerprint density at radius 1 is 1.42 bits per heavy atom. The van der Waals surface area contributed by atoms with E-state index in [9.17, 15) is 15.2 Å². The van der Waals surface area contributed by atoms with Crippen molar-refractivity contribution in [2.45, 2.75) is 0 Å². The molecule has 120 valence electrons. The molecule has 7 heteroatoms. The first-order chi connectivity index (χ1) is 11.7. The number of ether oxygens (including phenoxy) is 2. The number of nitrogens with zero attached hydrogens (tertiary/aromatic N) is 3. The molecule has 1 aromatic carbocycles. The van der Waals surface area contributed by atoms with Gasteiger partial charge in [-0.05, 0) is 24.3 Å². The summed E-state index contributed by atoms with van der Waals surface area (Å²) in [6, 6.07) is 10.4. The maximum atomic E-state index is 11.3. The minimum absolute atomic E-state index is 0.0332. The SMILES string of the molecule is COCOc1cc(-n2cc(C#N)c3ncccc32)ccc1C(=O)O. The number of hydrogen-bond donors (Lipinski definition) is 1. The second kappa shape index (κ2) is 6.40. The highest BCUT2D eigenvalue weighted by atomic mass is 16.7. The van der Waals surface area contributed by atoms with Crippen LogP contribution in [0, 0.1) is 11.3 Å². The summed E-state index contributed by atoms with van der Waals surface area (Å²) in [4.78, 5) is 15.5. The molecule has 2 aromatic heterocycles. The highest BCUT2D eigenvalue weighted by Crippen LogP contribution is 2.27. The number of fused-ring (bicyclic) bond motifs is 1. The molecule has 3 rings (SSSR count). The molecule has 3 aromatic rings. The molecule has 7 nitrogen and oxygen atoms in total. The van der Waals surface area contributed by atoms with E-state index in [1.165, 1.54) is 13.2 Å². The van der Waals surface area contributed by atoms with Crippen LogP contribution in [0.4, 0.5) is 0 Å². The third-order valence-electron chi connectivity index (χ3n) is 3.49. The van der Waals surface area contributed by atoms with Gasteiger partial charge >= 0.3 is 5.97 Å². The standard InChI is InChI=1S/C17H13N3O4/c1-23-10-24-15-7-12(4-5-13(15)17(21)22)20-9-11(8-18)16-14(20)3-2-6-19-16/h2-7,9H,10H2,1H3,(H,21,22). The van der Waals surface area contributed by atoms with Gasteiger partial charge in [0.05, 0.1) is 11.1 Å². The van der Waals surface area contributed by atoms with Crippen LogP contribution in [0.25, 0.3) is 16.7 Å². The monoisotopic (exact) mass is 323 g/mol. The van der Waals surface area contributed by atoms with Crippen molar-refractivity contribution in [3.63, 3.8) is 0 Å². The molecule has 0 aliphatic rings. The van der Waals surface area contributed by atoms with E-state index in [1.807, 2.05) is 6.07 Å². The summed E-state index contributed by atoms with van der Waals surface area (Å²) in [5.41, 5.74) is 2.46. The summed E-state index contributed by atoms with van der Waals surface area (Å²) < 4.78 is 12.0. The molecule has 24 heavy (non-hydrogen) atoms. The van der Waals surface area contributed by atoms with Gasteiger partial charge in [0.2, 0.25) is 0 Å². The summed E-state index contributed by atoms with van der Waals surface area (Å²) in [6.07, 6.45) is 3.28. The van der Waals surface area contributed by atoms with Gasteiger partial charge in [-0.3, -0.25) is 4.98 Å². The fraction of sp³-hybridized carbons (Fsp3) is 0.118. The quantitative estimate of drug-likeness (QED) is 0.725. The van der Waals surface area contributed by atoms with E-state index in [1.54, 1.807) is 35.2 Å². The van der Waals surface area contributed by atoms with Crippen LogP contribution in [0.3, 0.4) is 0 Å². The molecule has 0 bridgehead atoms.